The second kappa shape index (κ2) is 7.64. The topological polar surface area (TPSA) is 26.0 Å². The first-order valence-corrected chi connectivity index (χ1v) is 7.99. The molecule has 0 amide bonds. The molecule has 0 saturated heterocycles. The molecule has 2 aromatic rings. The average Bonchev–Trinajstić information content (AvgIpc) is 2.56. The normalized spacial score (nSPS) is 12.5. The van der Waals surface area contributed by atoms with E-state index in [1.807, 2.05) is 36.4 Å². The highest BCUT2D eigenvalue weighted by atomic mass is 14.6. The van der Waals surface area contributed by atoms with Crippen LogP contribution in [0.4, 0.5) is 0 Å². The largest absolute Gasteiger partial charge is 0.398 e. The lowest BCUT2D eigenvalue weighted by Gasteiger charge is -2.08. The van der Waals surface area contributed by atoms with Crippen molar-refractivity contribution in [3.63, 3.8) is 0 Å². The van der Waals surface area contributed by atoms with Gasteiger partial charge in [-0.25, -0.2) is 0 Å². The summed E-state index contributed by atoms with van der Waals surface area (Å²) in [5, 5.41) is 0. The van der Waals surface area contributed by atoms with E-state index < -0.39 is 0 Å². The standard InChI is InChI=1S/C22H25N/c1-5-18(20-12-10-19(11-13-20)16(2)3)14-15-22(23)21-9-7-6-8-17(21)4/h5-16H,1,23H2,2-4H3/b18-14+,22-15-. The lowest BCUT2D eigenvalue weighted by Crippen LogP contribution is -1.98. The molecule has 0 saturated carbocycles. The molecule has 0 aliphatic heterocycles. The van der Waals surface area contributed by atoms with Crippen LogP contribution in [0.2, 0.25) is 0 Å². The summed E-state index contributed by atoms with van der Waals surface area (Å²) >= 11 is 0. The van der Waals surface area contributed by atoms with Crippen LogP contribution < -0.4 is 5.73 Å². The molecule has 2 rings (SSSR count). The summed E-state index contributed by atoms with van der Waals surface area (Å²) in [7, 11) is 0. The van der Waals surface area contributed by atoms with Crippen molar-refractivity contribution in [1.82, 2.24) is 0 Å². The Morgan fingerprint density at radius 1 is 1.00 bits per heavy atom. The molecule has 0 atom stereocenters. The highest BCUT2D eigenvalue weighted by molar-refractivity contribution is 5.77. The van der Waals surface area contributed by atoms with Crippen molar-refractivity contribution >= 4 is 11.3 Å². The van der Waals surface area contributed by atoms with Gasteiger partial charge < -0.3 is 5.73 Å². The second-order valence-corrected chi connectivity index (χ2v) is 6.04. The van der Waals surface area contributed by atoms with Crippen molar-refractivity contribution in [2.24, 2.45) is 5.73 Å². The number of rotatable bonds is 5. The molecule has 2 aromatic carbocycles. The summed E-state index contributed by atoms with van der Waals surface area (Å²) in [5.41, 5.74) is 12.8. The summed E-state index contributed by atoms with van der Waals surface area (Å²) in [6.07, 6.45) is 5.85. The minimum Gasteiger partial charge on any atom is -0.398 e. The lowest BCUT2D eigenvalue weighted by atomic mass is 9.98. The molecule has 0 bridgehead atoms. The van der Waals surface area contributed by atoms with E-state index in [0.717, 1.165) is 22.4 Å². The van der Waals surface area contributed by atoms with Gasteiger partial charge in [-0.2, -0.15) is 0 Å². The van der Waals surface area contributed by atoms with Crippen LogP contribution in [0.25, 0.3) is 11.3 Å². The fourth-order valence-corrected chi connectivity index (χ4v) is 2.51. The van der Waals surface area contributed by atoms with Gasteiger partial charge in [0.1, 0.15) is 0 Å². The zero-order valence-electron chi connectivity index (χ0n) is 14.2. The van der Waals surface area contributed by atoms with E-state index in [4.69, 9.17) is 5.73 Å². The smallest absolute Gasteiger partial charge is 0.0390 e. The van der Waals surface area contributed by atoms with Crippen molar-refractivity contribution in [3.8, 4) is 0 Å². The highest BCUT2D eigenvalue weighted by Gasteiger charge is 2.02. The van der Waals surface area contributed by atoms with Gasteiger partial charge in [-0.1, -0.05) is 81.1 Å². The molecule has 0 aliphatic rings. The molecular weight excluding hydrogens is 278 g/mol. The van der Waals surface area contributed by atoms with Crippen molar-refractivity contribution in [2.45, 2.75) is 26.7 Å². The van der Waals surface area contributed by atoms with Gasteiger partial charge in [0.15, 0.2) is 0 Å². The van der Waals surface area contributed by atoms with Crippen molar-refractivity contribution in [3.05, 3.63) is 95.6 Å². The second-order valence-electron chi connectivity index (χ2n) is 6.04. The third kappa shape index (κ3) is 4.23. The fraction of sp³-hybridized carbons (Fsp3) is 0.182. The molecule has 0 heterocycles. The molecule has 0 fully saturated rings. The van der Waals surface area contributed by atoms with E-state index in [-0.39, 0.29) is 0 Å². The zero-order valence-corrected chi connectivity index (χ0v) is 14.2. The van der Waals surface area contributed by atoms with Crippen LogP contribution in [0, 0.1) is 6.92 Å². The van der Waals surface area contributed by atoms with Gasteiger partial charge in [-0.3, -0.25) is 0 Å². The van der Waals surface area contributed by atoms with Crippen molar-refractivity contribution < 1.29 is 0 Å². The van der Waals surface area contributed by atoms with Gasteiger partial charge in [0.25, 0.3) is 0 Å². The summed E-state index contributed by atoms with van der Waals surface area (Å²) in [6, 6.07) is 16.8. The Labute approximate surface area is 139 Å². The number of allylic oxidation sites excluding steroid dienone is 4. The third-order valence-corrected chi connectivity index (χ3v) is 4.03. The molecule has 23 heavy (non-hydrogen) atoms. The Balaban J connectivity index is 2.30. The first kappa shape index (κ1) is 16.8. The van der Waals surface area contributed by atoms with Gasteiger partial charge in [0.2, 0.25) is 0 Å². The van der Waals surface area contributed by atoms with Crippen LogP contribution in [0.15, 0.2) is 73.3 Å². The minimum absolute atomic E-state index is 0.539. The number of nitrogens with two attached hydrogens (primary N) is 1. The number of aryl methyl sites for hydroxylation is 1. The van der Waals surface area contributed by atoms with Crippen molar-refractivity contribution in [1.29, 1.82) is 0 Å². The average molecular weight is 303 g/mol. The highest BCUT2D eigenvalue weighted by Crippen LogP contribution is 2.21. The SMILES string of the molecule is C=C/C(=C\C=C(/N)c1ccccc1C)c1ccc(C(C)C)cc1. The molecule has 2 N–H and O–H groups in total. The van der Waals surface area contributed by atoms with E-state index in [9.17, 15) is 0 Å². The summed E-state index contributed by atoms with van der Waals surface area (Å²) in [5.74, 6) is 0.539. The zero-order chi connectivity index (χ0) is 16.8. The van der Waals surface area contributed by atoms with Crippen LogP contribution in [0.3, 0.4) is 0 Å². The maximum absolute atomic E-state index is 6.22. The fourth-order valence-electron chi connectivity index (χ4n) is 2.51. The molecule has 0 aromatic heterocycles. The maximum Gasteiger partial charge on any atom is 0.0390 e. The van der Waals surface area contributed by atoms with Gasteiger partial charge >= 0.3 is 0 Å². The van der Waals surface area contributed by atoms with Crippen LogP contribution in [0.5, 0.6) is 0 Å². The Morgan fingerprint density at radius 3 is 2.22 bits per heavy atom. The van der Waals surface area contributed by atoms with Gasteiger partial charge in [0, 0.05) is 11.3 Å². The molecule has 0 spiro atoms. The Hall–Kier alpha value is -2.54. The minimum atomic E-state index is 0.539. The maximum atomic E-state index is 6.22. The molecule has 1 heteroatoms. The molecule has 1 nitrogen and oxygen atoms in total. The Kier molecular flexibility index (Phi) is 5.59. The molecule has 0 unspecified atom stereocenters. The first-order valence-electron chi connectivity index (χ1n) is 7.99. The predicted octanol–water partition coefficient (Wildman–Crippen LogP) is 5.69. The first-order chi connectivity index (χ1) is 11.0. The molecule has 0 radical (unpaired) electrons. The van der Waals surface area contributed by atoms with E-state index >= 15 is 0 Å². The Bertz CT molecular complexity index is 731. The van der Waals surface area contributed by atoms with Gasteiger partial charge in [-0.15, -0.1) is 0 Å². The van der Waals surface area contributed by atoms with Crippen LogP contribution >= 0.6 is 0 Å². The Morgan fingerprint density at radius 2 is 1.65 bits per heavy atom. The van der Waals surface area contributed by atoms with Crippen LogP contribution in [-0.4, -0.2) is 0 Å². The number of hydrogen-bond donors (Lipinski definition) is 1. The summed E-state index contributed by atoms with van der Waals surface area (Å²) in [6.45, 7) is 10.4. The predicted molar refractivity (Wildman–Crippen MR) is 102 cm³/mol. The van der Waals surface area contributed by atoms with E-state index in [1.165, 1.54) is 11.1 Å². The van der Waals surface area contributed by atoms with E-state index in [1.54, 1.807) is 0 Å². The van der Waals surface area contributed by atoms with E-state index in [0.29, 0.717) is 5.92 Å². The van der Waals surface area contributed by atoms with Crippen LogP contribution in [-0.2, 0) is 0 Å². The van der Waals surface area contributed by atoms with Crippen molar-refractivity contribution in [2.75, 3.05) is 0 Å². The summed E-state index contributed by atoms with van der Waals surface area (Å²) in [4.78, 5) is 0. The third-order valence-electron chi connectivity index (χ3n) is 4.03. The molecular formula is C22H25N. The van der Waals surface area contributed by atoms with E-state index in [2.05, 4.69) is 57.7 Å². The monoisotopic (exact) mass is 303 g/mol. The van der Waals surface area contributed by atoms with Gasteiger partial charge in [0.05, 0.1) is 0 Å². The van der Waals surface area contributed by atoms with Crippen LogP contribution in [0.1, 0.15) is 42.0 Å². The number of hydrogen-bond acceptors (Lipinski definition) is 1. The quantitative estimate of drug-likeness (QED) is 0.706. The molecule has 0 aliphatic carbocycles. The summed E-state index contributed by atoms with van der Waals surface area (Å²) < 4.78 is 0. The van der Waals surface area contributed by atoms with Gasteiger partial charge in [-0.05, 0) is 41.2 Å². The lowest BCUT2D eigenvalue weighted by molar-refractivity contribution is 0.866. The molecule has 118 valence electrons. The number of benzene rings is 2.